The van der Waals surface area contributed by atoms with Gasteiger partial charge in [0.2, 0.25) is 0 Å². The summed E-state index contributed by atoms with van der Waals surface area (Å²) >= 11 is 2.26. The summed E-state index contributed by atoms with van der Waals surface area (Å²) in [5.41, 5.74) is 3.46. The molecule has 0 radical (unpaired) electrons. The highest BCUT2D eigenvalue weighted by molar-refractivity contribution is 14.1. The average Bonchev–Trinajstić information content (AvgIpc) is 2.81. The Bertz CT molecular complexity index is 1280. The fraction of sp³-hybridized carbons (Fsp3) is 0.0769. The maximum Gasteiger partial charge on any atom is 0.143 e. The fourth-order valence-corrected chi connectivity index (χ4v) is 3.86. The summed E-state index contributed by atoms with van der Waals surface area (Å²) in [6, 6.07) is 30.0. The van der Waals surface area contributed by atoms with E-state index in [1.165, 1.54) is 10.8 Å². The summed E-state index contributed by atoms with van der Waals surface area (Å²) in [7, 11) is 0. The van der Waals surface area contributed by atoms with Crippen LogP contribution in [-0.2, 0) is 18.1 Å². The van der Waals surface area contributed by atoms with Gasteiger partial charge in [0, 0.05) is 5.56 Å². The molecule has 0 N–H and O–H groups in total. The monoisotopic (exact) mass is 518 g/mol. The zero-order valence-electron chi connectivity index (χ0n) is 16.7. The number of hydrogen-bond acceptors (Lipinski definition) is 4. The van der Waals surface area contributed by atoms with Gasteiger partial charge in [-0.2, -0.15) is 5.26 Å². The third-order valence-electron chi connectivity index (χ3n) is 4.80. The Balaban J connectivity index is 1.35. The van der Waals surface area contributed by atoms with Gasteiger partial charge in [0.15, 0.2) is 0 Å². The van der Waals surface area contributed by atoms with Gasteiger partial charge in [0.1, 0.15) is 19.0 Å². The second-order valence-electron chi connectivity index (χ2n) is 6.94. The van der Waals surface area contributed by atoms with Crippen LogP contribution in [0.4, 0.5) is 0 Å². The zero-order chi connectivity index (χ0) is 21.5. The van der Waals surface area contributed by atoms with Gasteiger partial charge in [-0.05, 0) is 74.8 Å². The van der Waals surface area contributed by atoms with Crippen molar-refractivity contribution >= 4 is 39.6 Å². The molecular weight excluding hydrogens is 499 g/mol. The van der Waals surface area contributed by atoms with Crippen LogP contribution in [-0.4, -0.2) is 6.21 Å². The van der Waals surface area contributed by atoms with Crippen molar-refractivity contribution in [3.8, 4) is 11.8 Å². The van der Waals surface area contributed by atoms with Gasteiger partial charge in [-0.25, -0.2) is 0 Å². The SMILES string of the molecule is N#Cc1ccccc1CO/N=C\c1ccc(OCc2ccc3ccccc3c2)c(I)c1. The van der Waals surface area contributed by atoms with Gasteiger partial charge >= 0.3 is 0 Å². The van der Waals surface area contributed by atoms with E-state index < -0.39 is 0 Å². The quantitative estimate of drug-likeness (QED) is 0.161. The standard InChI is InChI=1S/C26H19IN2O2/c27-25-14-19(16-29-31-18-24-8-4-3-7-23(24)15-28)10-12-26(25)30-17-20-9-11-21-5-1-2-6-22(21)13-20/h1-14,16H,17-18H2/b29-16-. The van der Waals surface area contributed by atoms with Crippen molar-refractivity contribution in [2.45, 2.75) is 13.2 Å². The van der Waals surface area contributed by atoms with Crippen LogP contribution in [0.25, 0.3) is 10.8 Å². The van der Waals surface area contributed by atoms with Gasteiger partial charge in [-0.1, -0.05) is 59.8 Å². The molecular formula is C26H19IN2O2. The lowest BCUT2D eigenvalue weighted by atomic mass is 10.1. The van der Waals surface area contributed by atoms with Crippen molar-refractivity contribution in [3.05, 3.63) is 111 Å². The number of oxime groups is 1. The van der Waals surface area contributed by atoms with Crippen LogP contribution in [0.1, 0.15) is 22.3 Å². The Morgan fingerprint density at radius 1 is 0.871 bits per heavy atom. The summed E-state index contributed by atoms with van der Waals surface area (Å²) in [5.74, 6) is 0.828. The Morgan fingerprint density at radius 2 is 1.68 bits per heavy atom. The predicted octanol–water partition coefficient (Wildman–Crippen LogP) is 6.45. The van der Waals surface area contributed by atoms with Crippen molar-refractivity contribution in [1.29, 1.82) is 5.26 Å². The summed E-state index contributed by atoms with van der Waals surface area (Å²) in [6.45, 7) is 0.764. The second-order valence-corrected chi connectivity index (χ2v) is 8.10. The molecule has 0 aliphatic carbocycles. The smallest absolute Gasteiger partial charge is 0.143 e. The molecule has 0 aliphatic heterocycles. The molecule has 0 fully saturated rings. The Hall–Kier alpha value is -3.37. The van der Waals surface area contributed by atoms with E-state index in [1.54, 1.807) is 12.3 Å². The molecule has 0 aliphatic rings. The van der Waals surface area contributed by atoms with Crippen molar-refractivity contribution in [2.75, 3.05) is 0 Å². The molecule has 4 nitrogen and oxygen atoms in total. The lowest BCUT2D eigenvalue weighted by molar-refractivity contribution is 0.132. The Morgan fingerprint density at radius 3 is 2.52 bits per heavy atom. The highest BCUT2D eigenvalue weighted by atomic mass is 127. The molecule has 0 heterocycles. The molecule has 0 atom stereocenters. The number of nitriles is 1. The molecule has 0 spiro atoms. The van der Waals surface area contributed by atoms with Crippen LogP contribution >= 0.6 is 22.6 Å². The van der Waals surface area contributed by atoms with Gasteiger partial charge in [0.25, 0.3) is 0 Å². The highest BCUT2D eigenvalue weighted by Gasteiger charge is 2.04. The minimum Gasteiger partial charge on any atom is -0.488 e. The van der Waals surface area contributed by atoms with Crippen LogP contribution in [0.5, 0.6) is 5.75 Å². The first kappa shape index (κ1) is 20.9. The topological polar surface area (TPSA) is 54.6 Å². The minimum atomic E-state index is 0.254. The number of rotatable bonds is 7. The van der Waals surface area contributed by atoms with E-state index in [-0.39, 0.29) is 6.61 Å². The number of nitrogens with zero attached hydrogens (tertiary/aromatic N) is 2. The molecule has 0 aromatic heterocycles. The third-order valence-corrected chi connectivity index (χ3v) is 5.64. The molecule has 4 rings (SSSR count). The average molecular weight is 518 g/mol. The molecule has 5 heteroatoms. The van der Waals surface area contributed by atoms with Gasteiger partial charge in [-0.3, -0.25) is 0 Å². The van der Waals surface area contributed by atoms with Gasteiger partial charge in [0.05, 0.1) is 21.4 Å². The summed E-state index contributed by atoms with van der Waals surface area (Å²) in [4.78, 5) is 5.36. The molecule has 4 aromatic carbocycles. The van der Waals surface area contributed by atoms with Crippen molar-refractivity contribution in [2.24, 2.45) is 5.16 Å². The lowest BCUT2D eigenvalue weighted by Gasteiger charge is -2.10. The molecule has 0 saturated heterocycles. The third kappa shape index (κ3) is 5.41. The molecule has 31 heavy (non-hydrogen) atoms. The van der Waals surface area contributed by atoms with E-state index in [9.17, 15) is 0 Å². The van der Waals surface area contributed by atoms with Crippen LogP contribution in [0, 0.1) is 14.9 Å². The Kier molecular flexibility index (Phi) is 6.80. The van der Waals surface area contributed by atoms with Crippen molar-refractivity contribution in [3.63, 3.8) is 0 Å². The van der Waals surface area contributed by atoms with Gasteiger partial charge < -0.3 is 9.57 Å². The first-order chi connectivity index (χ1) is 15.2. The van der Waals surface area contributed by atoms with Crippen molar-refractivity contribution < 1.29 is 9.57 Å². The van der Waals surface area contributed by atoms with E-state index in [0.717, 1.165) is 26.0 Å². The maximum atomic E-state index is 9.12. The number of halogens is 1. The molecule has 152 valence electrons. The zero-order valence-corrected chi connectivity index (χ0v) is 18.8. The molecule has 0 saturated carbocycles. The van der Waals surface area contributed by atoms with Crippen molar-refractivity contribution in [1.82, 2.24) is 0 Å². The normalized spacial score (nSPS) is 10.8. The molecule has 0 bridgehead atoms. The van der Waals surface area contributed by atoms with Gasteiger partial charge in [-0.15, -0.1) is 0 Å². The molecule has 0 unspecified atom stereocenters. The summed E-state index contributed by atoms with van der Waals surface area (Å²) in [5, 5.41) is 15.6. The van der Waals surface area contributed by atoms with Crippen LogP contribution < -0.4 is 4.74 Å². The van der Waals surface area contributed by atoms with E-state index >= 15 is 0 Å². The Labute approximate surface area is 194 Å². The largest absolute Gasteiger partial charge is 0.488 e. The van der Waals surface area contributed by atoms with Crippen LogP contribution in [0.15, 0.2) is 90.1 Å². The van der Waals surface area contributed by atoms with E-state index in [0.29, 0.717) is 12.2 Å². The summed E-state index contributed by atoms with van der Waals surface area (Å²) < 4.78 is 7.02. The van der Waals surface area contributed by atoms with E-state index in [1.807, 2.05) is 48.5 Å². The van der Waals surface area contributed by atoms with Crippen LogP contribution in [0.2, 0.25) is 0 Å². The second kappa shape index (κ2) is 10.1. The van der Waals surface area contributed by atoms with E-state index in [2.05, 4.69) is 64.1 Å². The highest BCUT2D eigenvalue weighted by Crippen LogP contribution is 2.24. The van der Waals surface area contributed by atoms with E-state index in [4.69, 9.17) is 14.8 Å². The predicted molar refractivity (Wildman–Crippen MR) is 131 cm³/mol. The number of hydrogen-bond donors (Lipinski definition) is 0. The van der Waals surface area contributed by atoms with Crippen LogP contribution in [0.3, 0.4) is 0 Å². The number of ether oxygens (including phenoxy) is 1. The first-order valence-electron chi connectivity index (χ1n) is 9.76. The fourth-order valence-electron chi connectivity index (χ4n) is 3.16. The lowest BCUT2D eigenvalue weighted by Crippen LogP contribution is -1.98. The maximum absolute atomic E-state index is 9.12. The number of fused-ring (bicyclic) bond motifs is 1. The number of benzene rings is 4. The minimum absolute atomic E-state index is 0.254. The molecule has 4 aromatic rings. The molecule has 0 amide bonds. The summed E-state index contributed by atoms with van der Waals surface area (Å²) in [6.07, 6.45) is 1.66. The first-order valence-corrected chi connectivity index (χ1v) is 10.8.